The molecule has 5 heteroatoms. The molecule has 0 aliphatic heterocycles. The molecule has 0 aliphatic carbocycles. The van der Waals surface area contributed by atoms with E-state index < -0.39 is 12.5 Å². The minimum atomic E-state index is -3.19. The molecule has 1 heterocycles. The number of aliphatic hydroxyl groups excluding tert-OH is 1. The lowest BCUT2D eigenvalue weighted by atomic mass is 10.1. The molecular formula is C11H10F2N2O. The first-order valence-electron chi connectivity index (χ1n) is 4.73. The molecule has 0 unspecified atom stereocenters. The predicted octanol–water partition coefficient (Wildman–Crippen LogP) is 1.96. The van der Waals surface area contributed by atoms with Crippen molar-refractivity contribution in [1.82, 2.24) is 9.78 Å². The van der Waals surface area contributed by atoms with Gasteiger partial charge in [-0.3, -0.25) is 0 Å². The van der Waals surface area contributed by atoms with Crippen molar-refractivity contribution in [2.24, 2.45) is 0 Å². The number of alkyl halides is 2. The minimum absolute atomic E-state index is 0.203. The molecule has 1 aromatic heterocycles. The van der Waals surface area contributed by atoms with Crippen molar-refractivity contribution in [2.75, 3.05) is 6.61 Å². The van der Waals surface area contributed by atoms with Crippen LogP contribution in [0.25, 0.3) is 5.69 Å². The van der Waals surface area contributed by atoms with Crippen LogP contribution in [0.2, 0.25) is 0 Å². The van der Waals surface area contributed by atoms with E-state index in [1.807, 2.05) is 0 Å². The van der Waals surface area contributed by atoms with E-state index in [0.717, 1.165) is 0 Å². The van der Waals surface area contributed by atoms with Crippen LogP contribution in [0.4, 0.5) is 8.78 Å². The van der Waals surface area contributed by atoms with Crippen LogP contribution in [0.15, 0.2) is 42.7 Å². The van der Waals surface area contributed by atoms with Gasteiger partial charge in [-0.05, 0) is 18.2 Å². The summed E-state index contributed by atoms with van der Waals surface area (Å²) in [7, 11) is 0. The molecule has 0 bridgehead atoms. The van der Waals surface area contributed by atoms with Gasteiger partial charge in [-0.15, -0.1) is 0 Å². The number of halogens is 2. The van der Waals surface area contributed by atoms with Crippen LogP contribution >= 0.6 is 0 Å². The van der Waals surface area contributed by atoms with Gasteiger partial charge in [0, 0.05) is 18.0 Å². The predicted molar refractivity (Wildman–Crippen MR) is 54.5 cm³/mol. The van der Waals surface area contributed by atoms with Gasteiger partial charge in [0.25, 0.3) is 5.92 Å². The summed E-state index contributed by atoms with van der Waals surface area (Å²) in [5.74, 6) is -3.19. The van der Waals surface area contributed by atoms with E-state index in [2.05, 4.69) is 5.10 Å². The first kappa shape index (κ1) is 10.8. The van der Waals surface area contributed by atoms with Gasteiger partial charge >= 0.3 is 0 Å². The van der Waals surface area contributed by atoms with Crippen LogP contribution in [0.3, 0.4) is 0 Å². The van der Waals surface area contributed by atoms with Crippen LogP contribution in [0.5, 0.6) is 0 Å². The number of benzene rings is 1. The van der Waals surface area contributed by atoms with Gasteiger partial charge in [0.05, 0.1) is 5.69 Å². The SMILES string of the molecule is OCC(F)(F)c1ccc(-n2cccn2)cc1. The van der Waals surface area contributed by atoms with Crippen LogP contribution < -0.4 is 0 Å². The summed E-state index contributed by atoms with van der Waals surface area (Å²) >= 11 is 0. The largest absolute Gasteiger partial charge is 0.390 e. The lowest BCUT2D eigenvalue weighted by Crippen LogP contribution is -2.18. The third-order valence-electron chi connectivity index (χ3n) is 2.26. The highest BCUT2D eigenvalue weighted by molar-refractivity contribution is 5.35. The molecule has 0 spiro atoms. The smallest absolute Gasteiger partial charge is 0.295 e. The first-order valence-corrected chi connectivity index (χ1v) is 4.73. The molecule has 1 aromatic carbocycles. The van der Waals surface area contributed by atoms with E-state index in [0.29, 0.717) is 5.69 Å². The molecule has 16 heavy (non-hydrogen) atoms. The zero-order valence-electron chi connectivity index (χ0n) is 8.35. The fourth-order valence-electron chi connectivity index (χ4n) is 1.37. The van der Waals surface area contributed by atoms with Gasteiger partial charge in [-0.25, -0.2) is 4.68 Å². The third kappa shape index (κ3) is 1.94. The summed E-state index contributed by atoms with van der Waals surface area (Å²) < 4.78 is 27.7. The highest BCUT2D eigenvalue weighted by atomic mass is 19.3. The van der Waals surface area contributed by atoms with Gasteiger partial charge < -0.3 is 5.11 Å². The molecule has 0 saturated carbocycles. The van der Waals surface area contributed by atoms with Crippen LogP contribution in [0.1, 0.15) is 5.56 Å². The first-order chi connectivity index (χ1) is 7.63. The average Bonchev–Trinajstić information content (AvgIpc) is 2.83. The van der Waals surface area contributed by atoms with Crippen molar-refractivity contribution in [3.63, 3.8) is 0 Å². The molecule has 0 atom stereocenters. The Hall–Kier alpha value is -1.75. The number of nitrogens with zero attached hydrogens (tertiary/aromatic N) is 2. The highest BCUT2D eigenvalue weighted by Crippen LogP contribution is 2.27. The molecule has 0 radical (unpaired) electrons. The Morgan fingerprint density at radius 3 is 2.44 bits per heavy atom. The number of aromatic nitrogens is 2. The van der Waals surface area contributed by atoms with Crippen LogP contribution in [0, 0.1) is 0 Å². The number of hydrogen-bond acceptors (Lipinski definition) is 2. The molecule has 0 aliphatic rings. The second kappa shape index (κ2) is 4.02. The Balaban J connectivity index is 2.30. The Morgan fingerprint density at radius 2 is 1.94 bits per heavy atom. The number of hydrogen-bond donors (Lipinski definition) is 1. The Labute approximate surface area is 91.0 Å². The number of aliphatic hydroxyl groups is 1. The Bertz CT molecular complexity index is 451. The maximum atomic E-state index is 13.1. The Morgan fingerprint density at radius 1 is 1.25 bits per heavy atom. The highest BCUT2D eigenvalue weighted by Gasteiger charge is 2.30. The van der Waals surface area contributed by atoms with Gasteiger partial charge in [0.15, 0.2) is 0 Å². The van der Waals surface area contributed by atoms with Crippen LogP contribution in [-0.2, 0) is 5.92 Å². The Kier molecular flexibility index (Phi) is 2.70. The lowest BCUT2D eigenvalue weighted by Gasteiger charge is -2.13. The monoisotopic (exact) mass is 224 g/mol. The molecule has 2 aromatic rings. The average molecular weight is 224 g/mol. The summed E-state index contributed by atoms with van der Waals surface area (Å²) in [5.41, 5.74) is 0.494. The van der Waals surface area contributed by atoms with E-state index >= 15 is 0 Å². The summed E-state index contributed by atoms with van der Waals surface area (Å²) in [5, 5.41) is 12.5. The maximum absolute atomic E-state index is 13.1. The summed E-state index contributed by atoms with van der Waals surface area (Å²) in [4.78, 5) is 0. The van der Waals surface area contributed by atoms with Crippen LogP contribution in [-0.4, -0.2) is 21.5 Å². The van der Waals surface area contributed by atoms with Crippen molar-refractivity contribution >= 4 is 0 Å². The minimum Gasteiger partial charge on any atom is -0.390 e. The molecule has 1 N–H and O–H groups in total. The molecule has 0 saturated heterocycles. The zero-order chi connectivity index (χ0) is 11.6. The second-order valence-corrected chi connectivity index (χ2v) is 3.36. The van der Waals surface area contributed by atoms with Crippen molar-refractivity contribution in [3.8, 4) is 5.69 Å². The van der Waals surface area contributed by atoms with Gasteiger partial charge in [0.1, 0.15) is 6.61 Å². The standard InChI is InChI=1S/C11H10F2N2O/c12-11(13,8-16)9-2-4-10(5-3-9)15-7-1-6-14-15/h1-7,16H,8H2. The van der Waals surface area contributed by atoms with E-state index in [9.17, 15) is 8.78 Å². The fourth-order valence-corrected chi connectivity index (χ4v) is 1.37. The van der Waals surface area contributed by atoms with Crippen molar-refractivity contribution in [1.29, 1.82) is 0 Å². The molecular weight excluding hydrogens is 214 g/mol. The van der Waals surface area contributed by atoms with Crippen molar-refractivity contribution in [3.05, 3.63) is 48.3 Å². The van der Waals surface area contributed by atoms with Gasteiger partial charge in [-0.2, -0.15) is 13.9 Å². The molecule has 0 amide bonds. The fraction of sp³-hybridized carbons (Fsp3) is 0.182. The zero-order valence-corrected chi connectivity index (χ0v) is 8.35. The second-order valence-electron chi connectivity index (χ2n) is 3.36. The normalized spacial score (nSPS) is 11.7. The summed E-state index contributed by atoms with van der Waals surface area (Å²) in [6.45, 7) is -1.19. The molecule has 3 nitrogen and oxygen atoms in total. The molecule has 84 valence electrons. The van der Waals surface area contributed by atoms with E-state index in [-0.39, 0.29) is 5.56 Å². The summed E-state index contributed by atoms with van der Waals surface area (Å²) in [6.07, 6.45) is 3.33. The molecule has 0 fully saturated rings. The van der Waals surface area contributed by atoms with Gasteiger partial charge in [0.2, 0.25) is 0 Å². The van der Waals surface area contributed by atoms with Crippen molar-refractivity contribution < 1.29 is 13.9 Å². The number of rotatable bonds is 3. The third-order valence-corrected chi connectivity index (χ3v) is 2.26. The summed E-state index contributed by atoms with van der Waals surface area (Å²) in [6, 6.07) is 7.38. The van der Waals surface area contributed by atoms with E-state index in [4.69, 9.17) is 5.11 Å². The lowest BCUT2D eigenvalue weighted by molar-refractivity contribution is -0.0556. The molecule has 2 rings (SSSR count). The van der Waals surface area contributed by atoms with E-state index in [1.165, 1.54) is 24.3 Å². The maximum Gasteiger partial charge on any atom is 0.295 e. The van der Waals surface area contributed by atoms with Crippen molar-refractivity contribution in [2.45, 2.75) is 5.92 Å². The van der Waals surface area contributed by atoms with E-state index in [1.54, 1.807) is 23.1 Å². The topological polar surface area (TPSA) is 38.0 Å². The quantitative estimate of drug-likeness (QED) is 0.865. The van der Waals surface area contributed by atoms with Gasteiger partial charge in [-0.1, -0.05) is 12.1 Å².